The van der Waals surface area contributed by atoms with Gasteiger partial charge in [-0.15, -0.1) is 0 Å². The van der Waals surface area contributed by atoms with Crippen LogP contribution in [0.3, 0.4) is 0 Å². The van der Waals surface area contributed by atoms with E-state index in [1.807, 2.05) is 30.3 Å². The number of nitrogens with zero attached hydrogens (tertiary/aromatic N) is 1. The summed E-state index contributed by atoms with van der Waals surface area (Å²) < 4.78 is 0. The monoisotopic (exact) mass is 229 g/mol. The molecule has 3 amide bonds. The molecule has 0 aliphatic carbocycles. The summed E-state index contributed by atoms with van der Waals surface area (Å²) in [4.78, 5) is 23.5. The van der Waals surface area contributed by atoms with Crippen LogP contribution in [-0.4, -0.2) is 74.8 Å². The van der Waals surface area contributed by atoms with Crippen molar-refractivity contribution in [1.82, 2.24) is 10.2 Å². The maximum absolute atomic E-state index is 11.2. The third-order valence-corrected chi connectivity index (χ3v) is 2.08. The SMILES string of the molecule is O=C1CN(Cc2ccccc2)C(=O)N1.[K]. The van der Waals surface area contributed by atoms with E-state index in [-0.39, 0.29) is 69.9 Å². The minimum Gasteiger partial charge on any atom is -0.311 e. The van der Waals surface area contributed by atoms with Crippen molar-refractivity contribution in [2.75, 3.05) is 6.54 Å². The zero-order valence-electron chi connectivity index (χ0n) is 8.56. The Kier molecular flexibility index (Phi) is 4.94. The van der Waals surface area contributed by atoms with Crippen molar-refractivity contribution in [3.05, 3.63) is 35.9 Å². The van der Waals surface area contributed by atoms with Crippen molar-refractivity contribution in [2.45, 2.75) is 6.54 Å². The van der Waals surface area contributed by atoms with E-state index in [1.165, 1.54) is 4.90 Å². The topological polar surface area (TPSA) is 49.4 Å². The summed E-state index contributed by atoms with van der Waals surface area (Å²) in [5, 5.41) is 2.24. The molecule has 0 saturated carbocycles. The van der Waals surface area contributed by atoms with Gasteiger partial charge in [-0.2, -0.15) is 0 Å². The number of amides is 3. The van der Waals surface area contributed by atoms with Crippen LogP contribution in [0, 0.1) is 0 Å². The molecule has 1 aliphatic rings. The molecule has 73 valence electrons. The molecule has 2 rings (SSSR count). The second kappa shape index (κ2) is 5.76. The van der Waals surface area contributed by atoms with Gasteiger partial charge in [0, 0.05) is 57.9 Å². The van der Waals surface area contributed by atoms with Crippen LogP contribution in [-0.2, 0) is 11.3 Å². The van der Waals surface area contributed by atoms with Crippen LogP contribution in [0.15, 0.2) is 30.3 Å². The van der Waals surface area contributed by atoms with Crippen molar-refractivity contribution in [3.8, 4) is 0 Å². The number of carbonyl (C=O) groups excluding carboxylic acids is 2. The van der Waals surface area contributed by atoms with Crippen molar-refractivity contribution < 1.29 is 9.59 Å². The first kappa shape index (κ1) is 12.9. The third-order valence-electron chi connectivity index (χ3n) is 2.08. The minimum absolute atomic E-state index is 0. The Morgan fingerprint density at radius 1 is 1.20 bits per heavy atom. The van der Waals surface area contributed by atoms with Gasteiger partial charge in [0.1, 0.15) is 6.54 Å². The van der Waals surface area contributed by atoms with E-state index in [2.05, 4.69) is 5.32 Å². The van der Waals surface area contributed by atoms with Gasteiger partial charge in [0.25, 0.3) is 0 Å². The van der Waals surface area contributed by atoms with Gasteiger partial charge >= 0.3 is 6.03 Å². The van der Waals surface area contributed by atoms with Gasteiger partial charge < -0.3 is 4.90 Å². The van der Waals surface area contributed by atoms with Crippen molar-refractivity contribution in [2.24, 2.45) is 0 Å². The largest absolute Gasteiger partial charge is 0.324 e. The van der Waals surface area contributed by atoms with Crippen molar-refractivity contribution in [1.29, 1.82) is 0 Å². The van der Waals surface area contributed by atoms with Crippen LogP contribution in [0.5, 0.6) is 0 Å². The first-order valence-corrected chi connectivity index (χ1v) is 4.38. The van der Waals surface area contributed by atoms with Crippen LogP contribution in [0.4, 0.5) is 4.79 Å². The van der Waals surface area contributed by atoms with E-state index in [0.29, 0.717) is 6.54 Å². The van der Waals surface area contributed by atoms with Gasteiger partial charge in [-0.05, 0) is 5.56 Å². The zero-order chi connectivity index (χ0) is 9.97. The quantitative estimate of drug-likeness (QED) is 0.588. The molecule has 1 fully saturated rings. The molecule has 0 unspecified atom stereocenters. The molecular formula is C10H10KN2O2. The molecule has 1 aromatic carbocycles. The van der Waals surface area contributed by atoms with Gasteiger partial charge in [0.05, 0.1) is 0 Å². The molecule has 1 saturated heterocycles. The Bertz CT molecular complexity index is 367. The fourth-order valence-electron chi connectivity index (χ4n) is 1.41. The van der Waals surface area contributed by atoms with E-state index in [0.717, 1.165) is 5.56 Å². The van der Waals surface area contributed by atoms with E-state index < -0.39 is 0 Å². The van der Waals surface area contributed by atoms with E-state index >= 15 is 0 Å². The van der Waals surface area contributed by atoms with Gasteiger partial charge in [-0.1, -0.05) is 30.3 Å². The molecule has 1 aliphatic heterocycles. The molecule has 0 aromatic heterocycles. The summed E-state index contributed by atoms with van der Waals surface area (Å²) in [6.45, 7) is 0.645. The summed E-state index contributed by atoms with van der Waals surface area (Å²) in [7, 11) is 0. The van der Waals surface area contributed by atoms with Crippen LogP contribution in [0.25, 0.3) is 0 Å². The number of hydrogen-bond donors (Lipinski definition) is 1. The van der Waals surface area contributed by atoms with Gasteiger partial charge in [-0.3, -0.25) is 10.1 Å². The molecule has 0 bridgehead atoms. The van der Waals surface area contributed by atoms with Crippen LogP contribution in [0.2, 0.25) is 0 Å². The summed E-state index contributed by atoms with van der Waals surface area (Å²) in [5.74, 6) is -0.231. The Morgan fingerprint density at radius 3 is 2.40 bits per heavy atom. The second-order valence-electron chi connectivity index (χ2n) is 3.19. The maximum Gasteiger partial charge on any atom is 0.324 e. The maximum atomic E-state index is 11.2. The smallest absolute Gasteiger partial charge is 0.311 e. The summed E-state index contributed by atoms with van der Waals surface area (Å²) in [6.07, 6.45) is 0. The molecule has 15 heavy (non-hydrogen) atoms. The number of rotatable bonds is 2. The Balaban J connectivity index is 0.00000112. The fraction of sp³-hybridized carbons (Fsp3) is 0.200. The average Bonchev–Trinajstić information content (AvgIpc) is 2.47. The Labute approximate surface area is 130 Å². The first-order valence-electron chi connectivity index (χ1n) is 4.38. The Hall–Kier alpha value is -0.204. The average molecular weight is 229 g/mol. The molecule has 0 spiro atoms. The van der Waals surface area contributed by atoms with Crippen LogP contribution < -0.4 is 5.32 Å². The third kappa shape index (κ3) is 3.39. The predicted molar refractivity (Wildman–Crippen MR) is 56.1 cm³/mol. The van der Waals surface area contributed by atoms with Gasteiger partial charge in [0.15, 0.2) is 0 Å². The summed E-state index contributed by atoms with van der Waals surface area (Å²) in [6, 6.07) is 9.28. The number of urea groups is 1. The van der Waals surface area contributed by atoms with E-state index in [4.69, 9.17) is 0 Å². The first-order chi connectivity index (χ1) is 6.75. The number of imide groups is 1. The van der Waals surface area contributed by atoms with Crippen LogP contribution in [0.1, 0.15) is 5.56 Å². The zero-order valence-corrected chi connectivity index (χ0v) is 11.7. The second-order valence-corrected chi connectivity index (χ2v) is 3.19. The normalized spacial score (nSPS) is 14.8. The summed E-state index contributed by atoms with van der Waals surface area (Å²) >= 11 is 0. The summed E-state index contributed by atoms with van der Waals surface area (Å²) in [5.41, 5.74) is 1.03. The van der Waals surface area contributed by atoms with E-state index in [1.54, 1.807) is 0 Å². The number of benzene rings is 1. The molecule has 1 heterocycles. The van der Waals surface area contributed by atoms with Gasteiger partial charge in [0.2, 0.25) is 5.91 Å². The Morgan fingerprint density at radius 2 is 1.87 bits per heavy atom. The molecule has 0 atom stereocenters. The molecular weight excluding hydrogens is 219 g/mol. The molecule has 1 aromatic rings. The fourth-order valence-corrected chi connectivity index (χ4v) is 1.41. The van der Waals surface area contributed by atoms with Crippen molar-refractivity contribution in [3.63, 3.8) is 0 Å². The molecule has 4 nitrogen and oxygen atoms in total. The number of carbonyl (C=O) groups is 2. The van der Waals surface area contributed by atoms with Crippen molar-refractivity contribution >= 4 is 63.3 Å². The molecule has 5 heteroatoms. The molecule has 1 N–H and O–H groups in total. The van der Waals surface area contributed by atoms with Crippen LogP contribution >= 0.6 is 0 Å². The minimum atomic E-state index is -0.307. The number of hydrogen-bond acceptors (Lipinski definition) is 2. The predicted octanol–water partition coefficient (Wildman–Crippen LogP) is 0.358. The van der Waals surface area contributed by atoms with Gasteiger partial charge in [-0.25, -0.2) is 4.79 Å². The standard InChI is InChI=1S/C10H10N2O2.K/c13-9-7-12(10(14)11-9)6-8-4-2-1-3-5-8;/h1-5H,6-7H2,(H,11,13,14);. The molecule has 1 radical (unpaired) electrons. The van der Waals surface area contributed by atoms with E-state index in [9.17, 15) is 9.59 Å². The number of nitrogens with one attached hydrogen (secondary N) is 1.